The minimum atomic E-state index is 0.368. The van der Waals surface area contributed by atoms with E-state index in [0.717, 1.165) is 6.54 Å². The van der Waals surface area contributed by atoms with E-state index >= 15 is 0 Å². The molecule has 1 unspecified atom stereocenters. The standard InChI is InChI=1S/C17H32N2S/c1-7-15(8-2)19(11-12(3)4)17(10-18)16-9-13(5)20-14(16)6/h9,12,15,17H,7-8,10-11,18H2,1-6H3. The molecule has 0 saturated heterocycles. The minimum absolute atomic E-state index is 0.368. The molecule has 3 heteroatoms. The van der Waals surface area contributed by atoms with E-state index in [9.17, 15) is 0 Å². The molecule has 2 N–H and O–H groups in total. The smallest absolute Gasteiger partial charge is 0.0484 e. The van der Waals surface area contributed by atoms with Crippen LogP contribution in [-0.2, 0) is 0 Å². The van der Waals surface area contributed by atoms with Crippen molar-refractivity contribution in [2.75, 3.05) is 13.1 Å². The SMILES string of the molecule is CCC(CC)N(CC(C)C)C(CN)c1cc(C)sc1C. The number of aryl methyl sites for hydroxylation is 2. The number of thiophene rings is 1. The number of rotatable bonds is 8. The van der Waals surface area contributed by atoms with Gasteiger partial charge in [-0.3, -0.25) is 4.90 Å². The molecule has 0 saturated carbocycles. The Labute approximate surface area is 129 Å². The van der Waals surface area contributed by atoms with Crippen LogP contribution in [0, 0.1) is 19.8 Å². The van der Waals surface area contributed by atoms with Crippen LogP contribution in [0.3, 0.4) is 0 Å². The third kappa shape index (κ3) is 4.31. The average Bonchev–Trinajstić information content (AvgIpc) is 2.70. The molecule has 2 nitrogen and oxygen atoms in total. The van der Waals surface area contributed by atoms with Crippen LogP contribution in [0.2, 0.25) is 0 Å². The van der Waals surface area contributed by atoms with Crippen LogP contribution >= 0.6 is 11.3 Å². The van der Waals surface area contributed by atoms with Crippen LogP contribution in [0.5, 0.6) is 0 Å². The van der Waals surface area contributed by atoms with Gasteiger partial charge in [0.15, 0.2) is 0 Å². The summed E-state index contributed by atoms with van der Waals surface area (Å²) < 4.78 is 0. The Morgan fingerprint density at radius 1 is 1.20 bits per heavy atom. The zero-order valence-corrected chi connectivity index (χ0v) is 14.9. The number of nitrogens with two attached hydrogens (primary N) is 1. The van der Waals surface area contributed by atoms with Crippen LogP contribution in [-0.4, -0.2) is 24.0 Å². The highest BCUT2D eigenvalue weighted by Crippen LogP contribution is 2.32. The molecule has 0 aromatic carbocycles. The minimum Gasteiger partial charge on any atom is -0.329 e. The molecule has 1 aromatic rings. The predicted octanol–water partition coefficient (Wildman–Crippen LogP) is 4.51. The molecule has 0 amide bonds. The molecule has 0 radical (unpaired) electrons. The van der Waals surface area contributed by atoms with E-state index in [1.165, 1.54) is 28.2 Å². The maximum Gasteiger partial charge on any atom is 0.0484 e. The Morgan fingerprint density at radius 3 is 2.15 bits per heavy atom. The Morgan fingerprint density at radius 2 is 1.80 bits per heavy atom. The number of hydrogen-bond acceptors (Lipinski definition) is 3. The largest absolute Gasteiger partial charge is 0.329 e. The lowest BCUT2D eigenvalue weighted by Crippen LogP contribution is -2.43. The van der Waals surface area contributed by atoms with Gasteiger partial charge in [-0.2, -0.15) is 0 Å². The lowest BCUT2D eigenvalue weighted by atomic mass is 9.99. The van der Waals surface area contributed by atoms with Gasteiger partial charge >= 0.3 is 0 Å². The van der Waals surface area contributed by atoms with Gasteiger partial charge in [0, 0.05) is 34.9 Å². The van der Waals surface area contributed by atoms with Crippen molar-refractivity contribution in [1.82, 2.24) is 4.90 Å². The van der Waals surface area contributed by atoms with Gasteiger partial charge in [-0.15, -0.1) is 11.3 Å². The molecular weight excluding hydrogens is 264 g/mol. The van der Waals surface area contributed by atoms with Crippen LogP contribution in [0.25, 0.3) is 0 Å². The van der Waals surface area contributed by atoms with Crippen molar-refractivity contribution < 1.29 is 0 Å². The molecule has 0 aliphatic rings. The van der Waals surface area contributed by atoms with Crippen molar-refractivity contribution in [1.29, 1.82) is 0 Å². The maximum absolute atomic E-state index is 6.17. The maximum atomic E-state index is 6.17. The molecule has 1 heterocycles. The molecule has 0 spiro atoms. The van der Waals surface area contributed by atoms with Gasteiger partial charge in [0.2, 0.25) is 0 Å². The van der Waals surface area contributed by atoms with E-state index in [2.05, 4.69) is 52.5 Å². The molecular formula is C17H32N2S. The van der Waals surface area contributed by atoms with E-state index in [0.29, 0.717) is 24.5 Å². The van der Waals surface area contributed by atoms with Gasteiger partial charge in [0.25, 0.3) is 0 Å². The van der Waals surface area contributed by atoms with Crippen LogP contribution in [0.1, 0.15) is 61.9 Å². The first kappa shape index (κ1) is 17.7. The summed E-state index contributed by atoms with van der Waals surface area (Å²) in [5, 5.41) is 0. The first-order valence-corrected chi connectivity index (χ1v) is 8.78. The predicted molar refractivity (Wildman–Crippen MR) is 91.5 cm³/mol. The zero-order chi connectivity index (χ0) is 15.3. The molecule has 0 fully saturated rings. The molecule has 20 heavy (non-hydrogen) atoms. The highest BCUT2D eigenvalue weighted by molar-refractivity contribution is 7.12. The lowest BCUT2D eigenvalue weighted by molar-refractivity contribution is 0.112. The van der Waals surface area contributed by atoms with Crippen molar-refractivity contribution in [3.05, 3.63) is 21.4 Å². The highest BCUT2D eigenvalue weighted by atomic mass is 32.1. The number of hydrogen-bond donors (Lipinski definition) is 1. The Kier molecular flexibility index (Phi) is 7.21. The fourth-order valence-electron chi connectivity index (χ4n) is 3.13. The quantitative estimate of drug-likeness (QED) is 0.764. The van der Waals surface area contributed by atoms with Gasteiger partial charge in [-0.05, 0) is 44.2 Å². The van der Waals surface area contributed by atoms with Gasteiger partial charge in [-0.25, -0.2) is 0 Å². The molecule has 1 rings (SSSR count). The zero-order valence-electron chi connectivity index (χ0n) is 14.1. The summed E-state index contributed by atoms with van der Waals surface area (Å²) in [6.07, 6.45) is 2.39. The Hall–Kier alpha value is -0.380. The van der Waals surface area contributed by atoms with E-state index in [-0.39, 0.29) is 0 Å². The molecule has 1 aromatic heterocycles. The van der Waals surface area contributed by atoms with Crippen molar-refractivity contribution in [3.63, 3.8) is 0 Å². The highest BCUT2D eigenvalue weighted by Gasteiger charge is 2.27. The third-order valence-electron chi connectivity index (χ3n) is 4.05. The van der Waals surface area contributed by atoms with Crippen molar-refractivity contribution in [2.24, 2.45) is 11.7 Å². The Balaban J connectivity index is 3.10. The lowest BCUT2D eigenvalue weighted by Gasteiger charge is -2.38. The first-order valence-electron chi connectivity index (χ1n) is 7.97. The van der Waals surface area contributed by atoms with Crippen LogP contribution in [0.15, 0.2) is 6.07 Å². The van der Waals surface area contributed by atoms with Gasteiger partial charge < -0.3 is 5.73 Å². The van der Waals surface area contributed by atoms with Crippen molar-refractivity contribution >= 4 is 11.3 Å². The monoisotopic (exact) mass is 296 g/mol. The topological polar surface area (TPSA) is 29.3 Å². The summed E-state index contributed by atoms with van der Waals surface area (Å²) in [7, 11) is 0. The van der Waals surface area contributed by atoms with E-state index < -0.39 is 0 Å². The van der Waals surface area contributed by atoms with Gasteiger partial charge in [-0.1, -0.05) is 27.7 Å². The summed E-state index contributed by atoms with van der Waals surface area (Å²) in [6.45, 7) is 15.4. The second-order valence-corrected chi connectivity index (χ2v) is 7.64. The summed E-state index contributed by atoms with van der Waals surface area (Å²) in [5.74, 6) is 0.671. The average molecular weight is 297 g/mol. The normalized spacial score (nSPS) is 13.7. The van der Waals surface area contributed by atoms with Gasteiger partial charge in [0.1, 0.15) is 0 Å². The molecule has 0 bridgehead atoms. The first-order chi connectivity index (χ1) is 9.44. The summed E-state index contributed by atoms with van der Waals surface area (Å²) in [4.78, 5) is 5.47. The van der Waals surface area contributed by atoms with E-state index in [4.69, 9.17) is 5.73 Å². The fourth-order valence-corrected chi connectivity index (χ4v) is 4.11. The van der Waals surface area contributed by atoms with Crippen molar-refractivity contribution in [3.8, 4) is 0 Å². The molecule has 0 aliphatic carbocycles. The fraction of sp³-hybridized carbons (Fsp3) is 0.765. The summed E-state index contributed by atoms with van der Waals surface area (Å²) in [6, 6.07) is 3.34. The van der Waals surface area contributed by atoms with Gasteiger partial charge in [0.05, 0.1) is 0 Å². The van der Waals surface area contributed by atoms with E-state index in [1.54, 1.807) is 0 Å². The van der Waals surface area contributed by atoms with E-state index in [1.807, 2.05) is 11.3 Å². The van der Waals surface area contributed by atoms with Crippen LogP contribution < -0.4 is 5.73 Å². The number of nitrogens with zero attached hydrogens (tertiary/aromatic N) is 1. The molecule has 0 aliphatic heterocycles. The summed E-state index contributed by atoms with van der Waals surface area (Å²) >= 11 is 1.89. The van der Waals surface area contributed by atoms with Crippen LogP contribution in [0.4, 0.5) is 0 Å². The molecule has 116 valence electrons. The third-order valence-corrected chi connectivity index (χ3v) is 5.03. The summed E-state index contributed by atoms with van der Waals surface area (Å²) in [5.41, 5.74) is 7.62. The second kappa shape index (κ2) is 8.16. The second-order valence-electron chi connectivity index (χ2n) is 6.18. The Bertz CT molecular complexity index is 394. The van der Waals surface area contributed by atoms with Crippen molar-refractivity contribution in [2.45, 2.75) is 66.5 Å². The molecule has 1 atom stereocenters.